The van der Waals surface area contributed by atoms with Crippen LogP contribution in [-0.4, -0.2) is 34.8 Å². The van der Waals surface area contributed by atoms with Crippen molar-refractivity contribution in [2.24, 2.45) is 0 Å². The summed E-state index contributed by atoms with van der Waals surface area (Å²) in [5.74, 6) is -1.14. The average molecular weight is 422 g/mol. The van der Waals surface area contributed by atoms with Crippen molar-refractivity contribution in [2.45, 2.75) is 44.8 Å². The molecule has 1 heterocycles. The van der Waals surface area contributed by atoms with Gasteiger partial charge in [0, 0.05) is 16.7 Å². The smallest absolute Gasteiger partial charge is 0.319 e. The number of ether oxygens (including phenoxy) is 1. The number of hydrogen-bond donors (Lipinski definition) is 0. The molecule has 6 nitrogen and oxygen atoms in total. The second-order valence-electron chi connectivity index (χ2n) is 6.57. The second-order valence-corrected chi connectivity index (χ2v) is 8.29. The van der Waals surface area contributed by atoms with Crippen LogP contribution in [0, 0.1) is 0 Å². The van der Waals surface area contributed by atoms with Crippen LogP contribution in [0.4, 0.5) is 5.69 Å². The first-order chi connectivity index (χ1) is 13.3. The lowest BCUT2D eigenvalue weighted by molar-refractivity contribution is -0.142. The van der Waals surface area contributed by atoms with Crippen LogP contribution in [0.5, 0.6) is 0 Å². The van der Waals surface area contributed by atoms with E-state index in [1.807, 2.05) is 0 Å². The molecule has 0 aromatic heterocycles. The van der Waals surface area contributed by atoms with Crippen LogP contribution in [0.1, 0.15) is 49.9 Å². The van der Waals surface area contributed by atoms with E-state index in [9.17, 15) is 19.2 Å². The number of imide groups is 1. The van der Waals surface area contributed by atoms with Gasteiger partial charge in [-0.3, -0.25) is 19.2 Å². The minimum absolute atomic E-state index is 0.144. The molecule has 3 rings (SSSR count). The Balaban J connectivity index is 1.84. The molecule has 2 aliphatic rings. The maximum atomic E-state index is 12.7. The number of esters is 1. The summed E-state index contributed by atoms with van der Waals surface area (Å²) in [6, 6.07) is 4.47. The number of nitrogens with zero attached hydrogens (tertiary/aromatic N) is 1. The van der Waals surface area contributed by atoms with Crippen LogP contribution in [-0.2, 0) is 19.1 Å². The van der Waals surface area contributed by atoms with E-state index in [2.05, 4.69) is 0 Å². The molecule has 1 aliphatic heterocycles. The lowest BCUT2D eigenvalue weighted by Crippen LogP contribution is -2.31. The molecule has 0 saturated heterocycles. The number of rotatable bonds is 5. The molecule has 1 aromatic carbocycles. The SMILES string of the molecule is CCOC(=O)[C@H](C)SC(=O)c1cc(N2C(=O)C3=C(CCCC3)C2=O)ccc1Cl. The van der Waals surface area contributed by atoms with E-state index < -0.39 is 16.3 Å². The molecule has 0 spiro atoms. The molecule has 1 aliphatic carbocycles. The summed E-state index contributed by atoms with van der Waals surface area (Å²) in [6.07, 6.45) is 2.97. The maximum absolute atomic E-state index is 12.7. The summed E-state index contributed by atoms with van der Waals surface area (Å²) in [7, 11) is 0. The first-order valence-corrected chi connectivity index (χ1v) is 10.4. The van der Waals surface area contributed by atoms with Crippen molar-refractivity contribution in [1.29, 1.82) is 0 Å². The Morgan fingerprint density at radius 1 is 1.18 bits per heavy atom. The van der Waals surface area contributed by atoms with E-state index in [1.54, 1.807) is 19.9 Å². The van der Waals surface area contributed by atoms with Crippen molar-refractivity contribution in [3.8, 4) is 0 Å². The molecular formula is C20H20ClNO5S. The minimum Gasteiger partial charge on any atom is -0.465 e. The Morgan fingerprint density at radius 3 is 2.36 bits per heavy atom. The van der Waals surface area contributed by atoms with Gasteiger partial charge < -0.3 is 4.74 Å². The van der Waals surface area contributed by atoms with Gasteiger partial charge in [0.2, 0.25) is 5.12 Å². The van der Waals surface area contributed by atoms with Crippen LogP contribution in [0.15, 0.2) is 29.3 Å². The molecule has 2 amide bonds. The third kappa shape index (κ3) is 3.86. The largest absolute Gasteiger partial charge is 0.465 e. The Hall–Kier alpha value is -2.12. The highest BCUT2D eigenvalue weighted by Crippen LogP contribution is 2.37. The van der Waals surface area contributed by atoms with Gasteiger partial charge in [0.25, 0.3) is 11.8 Å². The molecule has 28 heavy (non-hydrogen) atoms. The predicted molar refractivity (Wildman–Crippen MR) is 107 cm³/mol. The highest BCUT2D eigenvalue weighted by molar-refractivity contribution is 8.15. The summed E-state index contributed by atoms with van der Waals surface area (Å²) in [5.41, 5.74) is 1.60. The van der Waals surface area contributed by atoms with E-state index >= 15 is 0 Å². The number of anilines is 1. The molecule has 0 saturated carbocycles. The molecular weight excluding hydrogens is 402 g/mol. The highest BCUT2D eigenvalue weighted by atomic mass is 35.5. The van der Waals surface area contributed by atoms with E-state index in [0.29, 0.717) is 29.7 Å². The zero-order chi connectivity index (χ0) is 20.4. The number of carbonyl (C=O) groups is 4. The van der Waals surface area contributed by atoms with Crippen LogP contribution in [0.25, 0.3) is 0 Å². The summed E-state index contributed by atoms with van der Waals surface area (Å²) >= 11 is 6.96. The number of amides is 2. The van der Waals surface area contributed by atoms with Crippen molar-refractivity contribution in [3.05, 3.63) is 39.9 Å². The Labute approximate surface area is 172 Å². The van der Waals surface area contributed by atoms with Crippen molar-refractivity contribution in [3.63, 3.8) is 0 Å². The molecule has 1 aromatic rings. The van der Waals surface area contributed by atoms with Crippen molar-refractivity contribution in [1.82, 2.24) is 0 Å². The summed E-state index contributed by atoms with van der Waals surface area (Å²) in [5, 5.41) is -0.936. The van der Waals surface area contributed by atoms with Crippen molar-refractivity contribution in [2.75, 3.05) is 11.5 Å². The second kappa shape index (κ2) is 8.49. The molecule has 0 unspecified atom stereocenters. The van der Waals surface area contributed by atoms with Gasteiger partial charge in [0.1, 0.15) is 5.25 Å². The number of carbonyl (C=O) groups excluding carboxylic acids is 4. The quantitative estimate of drug-likeness (QED) is 0.529. The summed E-state index contributed by atoms with van der Waals surface area (Å²) in [4.78, 5) is 51.0. The van der Waals surface area contributed by atoms with Gasteiger partial charge in [-0.15, -0.1) is 0 Å². The molecule has 0 radical (unpaired) electrons. The van der Waals surface area contributed by atoms with Crippen molar-refractivity contribution >= 4 is 51.9 Å². The summed E-state index contributed by atoms with van der Waals surface area (Å²) in [6.45, 7) is 3.49. The fraction of sp³-hybridized carbons (Fsp3) is 0.400. The highest BCUT2D eigenvalue weighted by Gasteiger charge is 2.40. The number of halogens is 1. The van der Waals surface area contributed by atoms with Gasteiger partial charge in [-0.1, -0.05) is 23.4 Å². The van der Waals surface area contributed by atoms with Crippen LogP contribution in [0.2, 0.25) is 5.02 Å². The first kappa shape index (κ1) is 20.6. The molecule has 0 bridgehead atoms. The fourth-order valence-corrected chi connectivity index (χ4v) is 4.36. The van der Waals surface area contributed by atoms with Crippen LogP contribution >= 0.6 is 23.4 Å². The number of hydrogen-bond acceptors (Lipinski definition) is 6. The minimum atomic E-state index is -0.698. The summed E-state index contributed by atoms with van der Waals surface area (Å²) < 4.78 is 4.91. The Morgan fingerprint density at radius 2 is 1.79 bits per heavy atom. The molecule has 1 atom stereocenters. The lowest BCUT2D eigenvalue weighted by atomic mass is 9.93. The van der Waals surface area contributed by atoms with Gasteiger partial charge in [0.05, 0.1) is 17.3 Å². The normalized spacial score (nSPS) is 17.6. The third-order valence-electron chi connectivity index (χ3n) is 4.72. The van der Waals surface area contributed by atoms with Crippen LogP contribution in [0.3, 0.4) is 0 Å². The van der Waals surface area contributed by atoms with Crippen LogP contribution < -0.4 is 4.90 Å². The van der Waals surface area contributed by atoms with Gasteiger partial charge in [-0.25, -0.2) is 4.90 Å². The number of thioether (sulfide) groups is 1. The standard InChI is InChI=1S/C20H20ClNO5S/c1-3-27-19(25)11(2)28-20(26)15-10-12(8-9-16(15)21)22-17(23)13-6-4-5-7-14(13)18(22)24/h8-11H,3-7H2,1-2H3/t11-/m0/s1. The van der Waals surface area contributed by atoms with Gasteiger partial charge >= 0.3 is 5.97 Å². The van der Waals surface area contributed by atoms with E-state index in [-0.39, 0.29) is 29.0 Å². The Bertz CT molecular complexity index is 867. The zero-order valence-corrected chi connectivity index (χ0v) is 17.2. The predicted octanol–water partition coefficient (Wildman–Crippen LogP) is 3.91. The first-order valence-electron chi connectivity index (χ1n) is 9.13. The topological polar surface area (TPSA) is 80.8 Å². The van der Waals surface area contributed by atoms with E-state index in [1.165, 1.54) is 12.1 Å². The third-order valence-corrected chi connectivity index (χ3v) is 6.03. The maximum Gasteiger partial charge on any atom is 0.319 e. The monoisotopic (exact) mass is 421 g/mol. The van der Waals surface area contributed by atoms with E-state index in [0.717, 1.165) is 29.5 Å². The van der Waals surface area contributed by atoms with E-state index in [4.69, 9.17) is 16.3 Å². The lowest BCUT2D eigenvalue weighted by Gasteiger charge is -2.17. The number of benzene rings is 1. The Kier molecular flexibility index (Phi) is 6.25. The van der Waals surface area contributed by atoms with Gasteiger partial charge in [0.15, 0.2) is 0 Å². The molecule has 8 heteroatoms. The zero-order valence-electron chi connectivity index (χ0n) is 15.6. The molecule has 0 fully saturated rings. The fourth-order valence-electron chi connectivity index (χ4n) is 3.31. The van der Waals surface area contributed by atoms with Gasteiger partial charge in [-0.05, 0) is 57.7 Å². The van der Waals surface area contributed by atoms with Crippen molar-refractivity contribution < 1.29 is 23.9 Å². The molecule has 148 valence electrons. The average Bonchev–Trinajstić information content (AvgIpc) is 2.93. The van der Waals surface area contributed by atoms with Gasteiger partial charge in [-0.2, -0.15) is 0 Å². The molecule has 0 N–H and O–H groups in total.